The summed E-state index contributed by atoms with van der Waals surface area (Å²) in [7, 11) is 0. The summed E-state index contributed by atoms with van der Waals surface area (Å²) < 4.78 is 2.04. The van der Waals surface area contributed by atoms with Gasteiger partial charge in [-0.3, -0.25) is 9.59 Å². The largest absolute Gasteiger partial charge is 0.342 e. The zero-order valence-corrected chi connectivity index (χ0v) is 13.0. The van der Waals surface area contributed by atoms with Crippen LogP contribution in [0, 0.1) is 0 Å². The van der Waals surface area contributed by atoms with Crippen molar-refractivity contribution >= 4 is 16.8 Å². The highest BCUT2D eigenvalue weighted by Crippen LogP contribution is 2.14. The third-order valence-electron chi connectivity index (χ3n) is 4.17. The van der Waals surface area contributed by atoms with Gasteiger partial charge in [-0.1, -0.05) is 12.1 Å². The standard InChI is InChI=1S/C16H16N6O2/c23-15-10-5-1-2-6-11(10)18-14(19-15)16(24)17-9-13-21-20-12-7-3-4-8-22(12)13/h1-2,5-6H,3-4,7-9H2,(H,17,24)(H,18,19,23). The number of nitrogens with zero attached hydrogens (tertiary/aromatic N) is 4. The van der Waals surface area contributed by atoms with Gasteiger partial charge in [0.15, 0.2) is 11.6 Å². The summed E-state index contributed by atoms with van der Waals surface area (Å²) in [5.74, 6) is 1.24. The van der Waals surface area contributed by atoms with Crippen LogP contribution in [0.3, 0.4) is 0 Å². The molecule has 0 fully saturated rings. The molecule has 4 rings (SSSR count). The summed E-state index contributed by atoms with van der Waals surface area (Å²) in [5.41, 5.74) is 0.164. The van der Waals surface area contributed by atoms with Crippen molar-refractivity contribution in [2.45, 2.75) is 32.4 Å². The van der Waals surface area contributed by atoms with Crippen molar-refractivity contribution in [3.8, 4) is 0 Å². The number of nitrogens with one attached hydrogen (secondary N) is 2. The van der Waals surface area contributed by atoms with Crippen LogP contribution in [0.15, 0.2) is 29.1 Å². The number of benzene rings is 1. The minimum Gasteiger partial charge on any atom is -0.342 e. The van der Waals surface area contributed by atoms with Crippen molar-refractivity contribution in [3.63, 3.8) is 0 Å². The summed E-state index contributed by atoms with van der Waals surface area (Å²) in [6.45, 7) is 1.13. The number of para-hydroxylation sites is 1. The number of fused-ring (bicyclic) bond motifs is 2. The van der Waals surface area contributed by atoms with Crippen molar-refractivity contribution in [2.24, 2.45) is 0 Å². The first-order valence-electron chi connectivity index (χ1n) is 7.90. The number of H-pyrrole nitrogens is 1. The molecule has 0 spiro atoms. The molecule has 1 amide bonds. The van der Waals surface area contributed by atoms with Gasteiger partial charge in [-0.25, -0.2) is 4.98 Å². The average Bonchev–Trinajstić information content (AvgIpc) is 3.03. The lowest BCUT2D eigenvalue weighted by Crippen LogP contribution is -2.29. The van der Waals surface area contributed by atoms with E-state index in [9.17, 15) is 9.59 Å². The van der Waals surface area contributed by atoms with E-state index in [2.05, 4.69) is 25.5 Å². The van der Waals surface area contributed by atoms with Gasteiger partial charge in [0.2, 0.25) is 0 Å². The van der Waals surface area contributed by atoms with Gasteiger partial charge in [-0.2, -0.15) is 0 Å². The Balaban J connectivity index is 1.54. The lowest BCUT2D eigenvalue weighted by atomic mass is 10.2. The highest BCUT2D eigenvalue weighted by Gasteiger charge is 2.17. The maximum Gasteiger partial charge on any atom is 0.287 e. The molecule has 3 aromatic rings. The Morgan fingerprint density at radius 2 is 2.12 bits per heavy atom. The fourth-order valence-corrected chi connectivity index (χ4v) is 2.94. The van der Waals surface area contributed by atoms with E-state index < -0.39 is 5.91 Å². The summed E-state index contributed by atoms with van der Waals surface area (Å²) in [6.07, 6.45) is 3.12. The Kier molecular flexibility index (Phi) is 3.56. The zero-order chi connectivity index (χ0) is 16.5. The lowest BCUT2D eigenvalue weighted by molar-refractivity contribution is 0.0939. The quantitative estimate of drug-likeness (QED) is 0.740. The van der Waals surface area contributed by atoms with E-state index in [-0.39, 0.29) is 17.9 Å². The molecule has 0 bridgehead atoms. The van der Waals surface area contributed by atoms with Crippen molar-refractivity contribution in [2.75, 3.05) is 0 Å². The van der Waals surface area contributed by atoms with Gasteiger partial charge in [-0.15, -0.1) is 10.2 Å². The van der Waals surface area contributed by atoms with Gasteiger partial charge in [0.1, 0.15) is 5.82 Å². The molecule has 122 valence electrons. The maximum absolute atomic E-state index is 12.3. The smallest absolute Gasteiger partial charge is 0.287 e. The van der Waals surface area contributed by atoms with Crippen molar-refractivity contribution in [3.05, 3.63) is 52.1 Å². The van der Waals surface area contributed by atoms with Crippen LogP contribution in [0.2, 0.25) is 0 Å². The predicted octanol–water partition coefficient (Wildman–Crippen LogP) is 0.781. The number of hydrogen-bond acceptors (Lipinski definition) is 5. The minimum atomic E-state index is -0.439. The maximum atomic E-state index is 12.3. The van der Waals surface area contributed by atoms with Crippen molar-refractivity contribution in [1.82, 2.24) is 30.0 Å². The monoisotopic (exact) mass is 324 g/mol. The topological polar surface area (TPSA) is 106 Å². The molecule has 0 saturated heterocycles. The first kappa shape index (κ1) is 14.6. The zero-order valence-electron chi connectivity index (χ0n) is 13.0. The Labute approximate surface area is 136 Å². The van der Waals surface area contributed by atoms with Gasteiger partial charge >= 0.3 is 0 Å². The molecule has 0 aliphatic carbocycles. The summed E-state index contributed by atoms with van der Waals surface area (Å²) >= 11 is 0. The normalized spacial score (nSPS) is 13.7. The third kappa shape index (κ3) is 2.55. The van der Waals surface area contributed by atoms with E-state index in [1.807, 2.05) is 4.57 Å². The summed E-state index contributed by atoms with van der Waals surface area (Å²) in [5, 5.41) is 11.5. The number of carbonyl (C=O) groups is 1. The van der Waals surface area contributed by atoms with Gasteiger partial charge in [-0.05, 0) is 25.0 Å². The van der Waals surface area contributed by atoms with Crippen molar-refractivity contribution in [1.29, 1.82) is 0 Å². The molecule has 2 aromatic heterocycles. The Morgan fingerprint density at radius 1 is 1.25 bits per heavy atom. The second-order valence-corrected chi connectivity index (χ2v) is 5.76. The molecule has 0 atom stereocenters. The SMILES string of the molecule is O=C(NCc1nnc2n1CCCC2)c1nc2ccccc2c(=O)[nH]1. The van der Waals surface area contributed by atoms with Crippen LogP contribution in [0.5, 0.6) is 0 Å². The highest BCUT2D eigenvalue weighted by molar-refractivity contribution is 5.92. The van der Waals surface area contributed by atoms with Gasteiger partial charge in [0.25, 0.3) is 11.5 Å². The van der Waals surface area contributed by atoms with Crippen LogP contribution in [-0.4, -0.2) is 30.6 Å². The molecule has 1 aliphatic rings. The second kappa shape index (κ2) is 5.88. The van der Waals surface area contributed by atoms with Crippen LogP contribution in [-0.2, 0) is 19.5 Å². The minimum absolute atomic E-state index is 0.00270. The van der Waals surface area contributed by atoms with E-state index in [4.69, 9.17) is 0 Å². The molecule has 0 saturated carbocycles. The summed E-state index contributed by atoms with van der Waals surface area (Å²) in [6, 6.07) is 6.91. The molecular formula is C16H16N6O2. The molecule has 1 aromatic carbocycles. The number of rotatable bonds is 3. The average molecular weight is 324 g/mol. The lowest BCUT2D eigenvalue weighted by Gasteiger charge is -2.14. The number of aryl methyl sites for hydroxylation is 1. The number of carbonyl (C=O) groups excluding carboxylic acids is 1. The molecule has 3 heterocycles. The fourth-order valence-electron chi connectivity index (χ4n) is 2.94. The van der Waals surface area contributed by atoms with E-state index in [0.717, 1.165) is 37.5 Å². The van der Waals surface area contributed by atoms with E-state index in [1.165, 1.54) is 0 Å². The number of amides is 1. The van der Waals surface area contributed by atoms with Crippen LogP contribution in [0.1, 0.15) is 35.1 Å². The molecule has 8 heteroatoms. The molecular weight excluding hydrogens is 308 g/mol. The van der Waals surface area contributed by atoms with E-state index in [0.29, 0.717) is 10.9 Å². The first-order valence-corrected chi connectivity index (χ1v) is 7.90. The Hall–Kier alpha value is -3.03. The van der Waals surface area contributed by atoms with Crippen LogP contribution < -0.4 is 10.9 Å². The summed E-state index contributed by atoms with van der Waals surface area (Å²) in [4.78, 5) is 31.1. The molecule has 24 heavy (non-hydrogen) atoms. The van der Waals surface area contributed by atoms with E-state index in [1.54, 1.807) is 24.3 Å². The third-order valence-corrected chi connectivity index (χ3v) is 4.17. The Morgan fingerprint density at radius 3 is 3.04 bits per heavy atom. The highest BCUT2D eigenvalue weighted by atomic mass is 16.2. The molecule has 0 unspecified atom stereocenters. The fraction of sp³-hybridized carbons (Fsp3) is 0.312. The van der Waals surface area contributed by atoms with Gasteiger partial charge in [0.05, 0.1) is 17.4 Å². The Bertz CT molecular complexity index is 974. The molecule has 1 aliphatic heterocycles. The number of aromatic amines is 1. The van der Waals surface area contributed by atoms with Crippen LogP contribution >= 0.6 is 0 Å². The predicted molar refractivity (Wildman–Crippen MR) is 86.5 cm³/mol. The second-order valence-electron chi connectivity index (χ2n) is 5.76. The van der Waals surface area contributed by atoms with E-state index >= 15 is 0 Å². The van der Waals surface area contributed by atoms with Crippen LogP contribution in [0.4, 0.5) is 0 Å². The molecule has 2 N–H and O–H groups in total. The van der Waals surface area contributed by atoms with Crippen molar-refractivity contribution < 1.29 is 4.79 Å². The first-order chi connectivity index (χ1) is 11.7. The van der Waals surface area contributed by atoms with Crippen LogP contribution in [0.25, 0.3) is 10.9 Å². The molecule has 0 radical (unpaired) electrons. The molecule has 8 nitrogen and oxygen atoms in total. The van der Waals surface area contributed by atoms with Gasteiger partial charge < -0.3 is 14.9 Å². The number of hydrogen-bond donors (Lipinski definition) is 2. The van der Waals surface area contributed by atoms with Gasteiger partial charge in [0, 0.05) is 13.0 Å². The number of aromatic nitrogens is 5.